The fourth-order valence-electron chi connectivity index (χ4n) is 3.71. The van der Waals surface area contributed by atoms with E-state index in [0.717, 1.165) is 12.6 Å². The Morgan fingerprint density at radius 2 is 2.08 bits per heavy atom. The van der Waals surface area contributed by atoms with Gasteiger partial charge in [-0.05, 0) is 57.2 Å². The number of nitrogens with zero attached hydrogens (tertiary/aromatic N) is 1. The summed E-state index contributed by atoms with van der Waals surface area (Å²) in [6, 6.07) is 7.34. The summed E-state index contributed by atoms with van der Waals surface area (Å²) in [7, 11) is 0. The number of likely N-dealkylation sites (tertiary alicyclic amines) is 1. The zero-order valence-corrected chi connectivity index (χ0v) is 14.4. The standard InChI is InChI=1S/C19H28FN3O/c1-14(15-6-5-11-23(13-15)16-7-4-8-16)21-12-19(24)22-18-10-3-2-9-17(18)20/h2-3,9-10,14-16,21H,4-8,11-13H2,1H3,(H,22,24)/t14-,15+/m1/s1. The van der Waals surface area contributed by atoms with Gasteiger partial charge in [-0.25, -0.2) is 4.39 Å². The maximum Gasteiger partial charge on any atom is 0.238 e. The monoisotopic (exact) mass is 333 g/mol. The minimum Gasteiger partial charge on any atom is -0.322 e. The van der Waals surface area contributed by atoms with Crippen molar-refractivity contribution in [2.75, 3.05) is 25.0 Å². The first kappa shape index (κ1) is 17.4. The van der Waals surface area contributed by atoms with E-state index in [4.69, 9.17) is 0 Å². The predicted molar refractivity (Wildman–Crippen MR) is 94.4 cm³/mol. The Kier molecular flexibility index (Phi) is 5.85. The van der Waals surface area contributed by atoms with Crippen LogP contribution >= 0.6 is 0 Å². The number of nitrogens with one attached hydrogen (secondary N) is 2. The average molecular weight is 333 g/mol. The summed E-state index contributed by atoms with van der Waals surface area (Å²) >= 11 is 0. The Balaban J connectivity index is 1.43. The summed E-state index contributed by atoms with van der Waals surface area (Å²) in [5, 5.41) is 5.95. The van der Waals surface area contributed by atoms with Crippen molar-refractivity contribution in [2.45, 2.75) is 51.1 Å². The van der Waals surface area contributed by atoms with Gasteiger partial charge in [-0.2, -0.15) is 0 Å². The van der Waals surface area contributed by atoms with E-state index < -0.39 is 5.82 Å². The van der Waals surface area contributed by atoms with E-state index in [1.54, 1.807) is 18.2 Å². The smallest absolute Gasteiger partial charge is 0.238 e. The van der Waals surface area contributed by atoms with E-state index in [-0.39, 0.29) is 18.1 Å². The van der Waals surface area contributed by atoms with Gasteiger partial charge in [0.1, 0.15) is 5.82 Å². The van der Waals surface area contributed by atoms with E-state index in [9.17, 15) is 9.18 Å². The Hall–Kier alpha value is -1.46. The molecule has 1 aliphatic carbocycles. The van der Waals surface area contributed by atoms with Crippen LogP contribution in [0.5, 0.6) is 0 Å². The molecule has 3 rings (SSSR count). The molecule has 0 bridgehead atoms. The van der Waals surface area contributed by atoms with Crippen LogP contribution in [0.15, 0.2) is 24.3 Å². The minimum absolute atomic E-state index is 0.196. The molecule has 1 saturated heterocycles. The van der Waals surface area contributed by atoms with Crippen molar-refractivity contribution in [2.24, 2.45) is 5.92 Å². The third-order valence-electron chi connectivity index (χ3n) is 5.52. The second-order valence-corrected chi connectivity index (χ2v) is 7.18. The van der Waals surface area contributed by atoms with Gasteiger partial charge in [0.2, 0.25) is 5.91 Å². The molecule has 1 aromatic rings. The number of para-hydroxylation sites is 1. The second-order valence-electron chi connectivity index (χ2n) is 7.18. The SMILES string of the molecule is C[C@@H](NCC(=O)Nc1ccccc1F)[C@H]1CCCN(C2CCC2)C1. The zero-order chi connectivity index (χ0) is 16.9. The molecule has 2 aliphatic rings. The van der Waals surface area contributed by atoms with Crippen molar-refractivity contribution in [1.29, 1.82) is 0 Å². The Bertz CT molecular complexity index is 561. The number of carbonyl (C=O) groups is 1. The molecule has 1 aromatic carbocycles. The van der Waals surface area contributed by atoms with Crippen LogP contribution in [0.25, 0.3) is 0 Å². The normalized spacial score (nSPS) is 23.5. The molecule has 2 atom stereocenters. The van der Waals surface area contributed by atoms with Crippen LogP contribution in [-0.4, -0.2) is 42.5 Å². The van der Waals surface area contributed by atoms with Crippen molar-refractivity contribution in [3.8, 4) is 0 Å². The third kappa shape index (κ3) is 4.33. The molecule has 0 radical (unpaired) electrons. The number of hydrogen-bond acceptors (Lipinski definition) is 3. The molecule has 0 aromatic heterocycles. The molecule has 1 saturated carbocycles. The molecule has 2 N–H and O–H groups in total. The number of anilines is 1. The van der Waals surface area contributed by atoms with Crippen LogP contribution in [0.3, 0.4) is 0 Å². The van der Waals surface area contributed by atoms with Gasteiger partial charge in [0.25, 0.3) is 0 Å². The van der Waals surface area contributed by atoms with Gasteiger partial charge < -0.3 is 15.5 Å². The molecule has 24 heavy (non-hydrogen) atoms. The highest BCUT2D eigenvalue weighted by molar-refractivity contribution is 5.92. The van der Waals surface area contributed by atoms with Gasteiger partial charge >= 0.3 is 0 Å². The Labute approximate surface area is 143 Å². The molecule has 132 valence electrons. The average Bonchev–Trinajstić information content (AvgIpc) is 2.53. The van der Waals surface area contributed by atoms with Gasteiger partial charge in [-0.15, -0.1) is 0 Å². The molecule has 1 heterocycles. The second kappa shape index (κ2) is 8.08. The predicted octanol–water partition coefficient (Wildman–Crippen LogP) is 3.01. The fourth-order valence-corrected chi connectivity index (χ4v) is 3.71. The first-order valence-corrected chi connectivity index (χ1v) is 9.15. The van der Waals surface area contributed by atoms with E-state index in [2.05, 4.69) is 22.5 Å². The van der Waals surface area contributed by atoms with Gasteiger partial charge in [-0.1, -0.05) is 18.6 Å². The van der Waals surface area contributed by atoms with Crippen molar-refractivity contribution >= 4 is 11.6 Å². The highest BCUT2D eigenvalue weighted by Gasteiger charge is 2.31. The summed E-state index contributed by atoms with van der Waals surface area (Å²) in [6.45, 7) is 4.73. The topological polar surface area (TPSA) is 44.4 Å². The van der Waals surface area contributed by atoms with Crippen LogP contribution in [0, 0.1) is 11.7 Å². The quantitative estimate of drug-likeness (QED) is 0.841. The molecular formula is C19H28FN3O. The maximum absolute atomic E-state index is 13.6. The van der Waals surface area contributed by atoms with E-state index in [1.165, 1.54) is 44.7 Å². The summed E-state index contributed by atoms with van der Waals surface area (Å²) in [5.74, 6) is -0.0125. The third-order valence-corrected chi connectivity index (χ3v) is 5.52. The number of benzene rings is 1. The van der Waals surface area contributed by atoms with Crippen molar-refractivity contribution in [3.05, 3.63) is 30.1 Å². The Morgan fingerprint density at radius 3 is 2.79 bits per heavy atom. The summed E-state index contributed by atoms with van der Waals surface area (Å²) in [5.41, 5.74) is 0.241. The number of rotatable bonds is 6. The molecule has 0 unspecified atom stereocenters. The minimum atomic E-state index is -0.401. The Morgan fingerprint density at radius 1 is 1.29 bits per heavy atom. The lowest BCUT2D eigenvalue weighted by molar-refractivity contribution is -0.115. The van der Waals surface area contributed by atoms with Gasteiger partial charge in [0.05, 0.1) is 12.2 Å². The lowest BCUT2D eigenvalue weighted by Crippen LogP contribution is -2.50. The molecule has 2 fully saturated rings. The molecule has 5 heteroatoms. The number of halogens is 1. The van der Waals surface area contributed by atoms with Crippen LogP contribution in [0.2, 0.25) is 0 Å². The lowest BCUT2D eigenvalue weighted by Gasteiger charge is -2.44. The zero-order valence-electron chi connectivity index (χ0n) is 14.4. The van der Waals surface area contributed by atoms with Gasteiger partial charge in [-0.3, -0.25) is 4.79 Å². The van der Waals surface area contributed by atoms with E-state index in [0.29, 0.717) is 12.0 Å². The van der Waals surface area contributed by atoms with Gasteiger partial charge in [0.15, 0.2) is 0 Å². The molecular weight excluding hydrogens is 305 g/mol. The number of piperidine rings is 1. The van der Waals surface area contributed by atoms with Crippen LogP contribution in [0.4, 0.5) is 10.1 Å². The summed E-state index contributed by atoms with van der Waals surface area (Å²) in [4.78, 5) is 14.7. The summed E-state index contributed by atoms with van der Waals surface area (Å²) < 4.78 is 13.6. The van der Waals surface area contributed by atoms with Crippen molar-refractivity contribution in [1.82, 2.24) is 10.2 Å². The molecule has 0 spiro atoms. The number of hydrogen-bond donors (Lipinski definition) is 2. The molecule has 1 aliphatic heterocycles. The van der Waals surface area contributed by atoms with Gasteiger partial charge in [0, 0.05) is 18.6 Å². The van der Waals surface area contributed by atoms with Crippen LogP contribution < -0.4 is 10.6 Å². The highest BCUT2D eigenvalue weighted by Crippen LogP contribution is 2.30. The fraction of sp³-hybridized carbons (Fsp3) is 0.632. The summed E-state index contributed by atoms with van der Waals surface area (Å²) in [6.07, 6.45) is 6.52. The largest absolute Gasteiger partial charge is 0.322 e. The maximum atomic E-state index is 13.6. The number of carbonyl (C=O) groups excluding carboxylic acids is 1. The first-order valence-electron chi connectivity index (χ1n) is 9.15. The van der Waals surface area contributed by atoms with Crippen molar-refractivity contribution < 1.29 is 9.18 Å². The lowest BCUT2D eigenvalue weighted by atomic mass is 9.85. The van der Waals surface area contributed by atoms with Crippen molar-refractivity contribution in [3.63, 3.8) is 0 Å². The molecule has 1 amide bonds. The first-order chi connectivity index (χ1) is 11.6. The number of amides is 1. The van der Waals surface area contributed by atoms with E-state index in [1.807, 2.05) is 0 Å². The van der Waals surface area contributed by atoms with Crippen LogP contribution in [-0.2, 0) is 4.79 Å². The molecule has 4 nitrogen and oxygen atoms in total. The van der Waals surface area contributed by atoms with Crippen LogP contribution in [0.1, 0.15) is 39.0 Å². The van der Waals surface area contributed by atoms with E-state index >= 15 is 0 Å². The highest BCUT2D eigenvalue weighted by atomic mass is 19.1.